The Labute approximate surface area is 162 Å². The summed E-state index contributed by atoms with van der Waals surface area (Å²) >= 11 is 6.24. The lowest BCUT2D eigenvalue weighted by Crippen LogP contribution is -2.26. The molecule has 1 aliphatic rings. The third-order valence-corrected chi connectivity index (χ3v) is 5.31. The van der Waals surface area contributed by atoms with Crippen molar-refractivity contribution in [2.24, 2.45) is 0 Å². The molecule has 0 aliphatic carbocycles. The zero-order valence-corrected chi connectivity index (χ0v) is 15.8. The monoisotopic (exact) mass is 384 g/mol. The van der Waals surface area contributed by atoms with Crippen molar-refractivity contribution in [2.45, 2.75) is 18.8 Å². The number of nitrogens with one attached hydrogen (secondary N) is 2. The van der Waals surface area contributed by atoms with Crippen LogP contribution in [-0.2, 0) is 0 Å². The predicted octanol–water partition coefficient (Wildman–Crippen LogP) is 3.72. The van der Waals surface area contributed by atoms with Gasteiger partial charge in [0, 0.05) is 12.3 Å². The van der Waals surface area contributed by atoms with Gasteiger partial charge in [-0.05, 0) is 55.6 Å². The summed E-state index contributed by atoms with van der Waals surface area (Å²) in [5.74, 6) is 0.890. The third kappa shape index (κ3) is 3.63. The summed E-state index contributed by atoms with van der Waals surface area (Å²) in [6.07, 6.45) is 5.82. The Balaban J connectivity index is 1.61. The number of nitrogens with zero attached hydrogens (tertiary/aromatic N) is 2. The van der Waals surface area contributed by atoms with E-state index in [2.05, 4.69) is 21.7 Å². The van der Waals surface area contributed by atoms with Gasteiger partial charge in [0.1, 0.15) is 17.1 Å². The standard InChI is InChI=1S/C20H21ClN4O2/c1-27-15-3-4-17(16(21)10-15)24-20(26)18-11-23-19-5-2-14(12-25(18)19)13-6-8-22-9-7-13/h2-5,10-13,22H,6-9H2,1H3,(H,24,26). The molecule has 1 aromatic carbocycles. The summed E-state index contributed by atoms with van der Waals surface area (Å²) in [5.41, 5.74) is 3.00. The van der Waals surface area contributed by atoms with E-state index in [0.717, 1.165) is 31.6 Å². The maximum Gasteiger partial charge on any atom is 0.274 e. The van der Waals surface area contributed by atoms with Gasteiger partial charge in [0.2, 0.25) is 0 Å². The van der Waals surface area contributed by atoms with Gasteiger partial charge < -0.3 is 15.4 Å². The Morgan fingerprint density at radius 1 is 1.30 bits per heavy atom. The van der Waals surface area contributed by atoms with E-state index in [4.69, 9.17) is 16.3 Å². The molecule has 7 heteroatoms. The Bertz CT molecular complexity index is 979. The number of hydrogen-bond acceptors (Lipinski definition) is 4. The van der Waals surface area contributed by atoms with Crippen molar-refractivity contribution in [3.05, 3.63) is 59.0 Å². The Morgan fingerprint density at radius 3 is 2.85 bits per heavy atom. The number of aromatic nitrogens is 2. The highest BCUT2D eigenvalue weighted by Crippen LogP contribution is 2.28. The van der Waals surface area contributed by atoms with E-state index in [-0.39, 0.29) is 5.91 Å². The Hall–Kier alpha value is -2.57. The van der Waals surface area contributed by atoms with E-state index in [0.29, 0.717) is 28.1 Å². The van der Waals surface area contributed by atoms with Crippen molar-refractivity contribution in [1.29, 1.82) is 0 Å². The second kappa shape index (κ2) is 7.58. The van der Waals surface area contributed by atoms with Gasteiger partial charge in [-0.2, -0.15) is 0 Å². The van der Waals surface area contributed by atoms with Gasteiger partial charge in [0.05, 0.1) is 24.0 Å². The quantitative estimate of drug-likeness (QED) is 0.719. The number of carbonyl (C=O) groups excluding carboxylic acids is 1. The van der Waals surface area contributed by atoms with Gasteiger partial charge in [-0.1, -0.05) is 17.7 Å². The molecule has 2 N–H and O–H groups in total. The predicted molar refractivity (Wildman–Crippen MR) is 106 cm³/mol. The van der Waals surface area contributed by atoms with Crippen LogP contribution in [0.25, 0.3) is 5.65 Å². The second-order valence-electron chi connectivity index (χ2n) is 6.66. The summed E-state index contributed by atoms with van der Waals surface area (Å²) in [6, 6.07) is 9.23. The van der Waals surface area contributed by atoms with Crippen LogP contribution in [-0.4, -0.2) is 35.5 Å². The number of amides is 1. The topological polar surface area (TPSA) is 67.7 Å². The lowest BCUT2D eigenvalue weighted by atomic mass is 9.91. The fraction of sp³-hybridized carbons (Fsp3) is 0.300. The van der Waals surface area contributed by atoms with Crippen LogP contribution in [0.3, 0.4) is 0 Å². The molecule has 6 nitrogen and oxygen atoms in total. The van der Waals surface area contributed by atoms with Gasteiger partial charge in [-0.25, -0.2) is 4.98 Å². The van der Waals surface area contributed by atoms with Crippen LogP contribution in [0.15, 0.2) is 42.7 Å². The maximum atomic E-state index is 12.8. The van der Waals surface area contributed by atoms with E-state index in [1.54, 1.807) is 31.5 Å². The first-order valence-corrected chi connectivity index (χ1v) is 9.36. The summed E-state index contributed by atoms with van der Waals surface area (Å²) in [4.78, 5) is 17.2. The van der Waals surface area contributed by atoms with Crippen LogP contribution in [0.4, 0.5) is 5.69 Å². The lowest BCUT2D eigenvalue weighted by Gasteiger charge is -2.23. The fourth-order valence-electron chi connectivity index (χ4n) is 3.47. The van der Waals surface area contributed by atoms with Crippen molar-refractivity contribution in [1.82, 2.24) is 14.7 Å². The molecule has 0 radical (unpaired) electrons. The molecular formula is C20H21ClN4O2. The van der Waals surface area contributed by atoms with Crippen molar-refractivity contribution in [2.75, 3.05) is 25.5 Å². The number of halogens is 1. The summed E-state index contributed by atoms with van der Waals surface area (Å²) in [7, 11) is 1.57. The Morgan fingerprint density at radius 2 is 2.11 bits per heavy atom. The van der Waals surface area contributed by atoms with Gasteiger partial charge in [-0.15, -0.1) is 0 Å². The first kappa shape index (κ1) is 17.8. The zero-order chi connectivity index (χ0) is 18.8. The van der Waals surface area contributed by atoms with Gasteiger partial charge in [0.15, 0.2) is 0 Å². The van der Waals surface area contributed by atoms with Crippen LogP contribution in [0.2, 0.25) is 5.02 Å². The van der Waals surface area contributed by atoms with E-state index < -0.39 is 0 Å². The molecule has 0 bridgehead atoms. The minimum absolute atomic E-state index is 0.253. The van der Waals surface area contributed by atoms with E-state index >= 15 is 0 Å². The molecule has 1 amide bonds. The molecule has 0 atom stereocenters. The van der Waals surface area contributed by atoms with Crippen molar-refractivity contribution in [3.8, 4) is 5.75 Å². The number of methoxy groups -OCH3 is 1. The normalized spacial score (nSPS) is 15.0. The first-order chi connectivity index (χ1) is 13.2. The van der Waals surface area contributed by atoms with E-state index in [1.807, 2.05) is 16.7 Å². The highest BCUT2D eigenvalue weighted by molar-refractivity contribution is 6.34. The van der Waals surface area contributed by atoms with E-state index in [1.165, 1.54) is 5.56 Å². The lowest BCUT2D eigenvalue weighted by molar-refractivity contribution is 0.102. The number of piperidine rings is 1. The molecule has 1 fully saturated rings. The first-order valence-electron chi connectivity index (χ1n) is 8.98. The van der Waals surface area contributed by atoms with Crippen LogP contribution in [0, 0.1) is 0 Å². The smallest absolute Gasteiger partial charge is 0.274 e. The van der Waals surface area contributed by atoms with Crippen LogP contribution < -0.4 is 15.4 Å². The molecule has 0 unspecified atom stereocenters. The third-order valence-electron chi connectivity index (χ3n) is 5.00. The minimum atomic E-state index is -0.253. The van der Waals surface area contributed by atoms with Crippen molar-refractivity contribution in [3.63, 3.8) is 0 Å². The Kier molecular flexibility index (Phi) is 5.01. The molecule has 3 aromatic rings. The van der Waals surface area contributed by atoms with Crippen molar-refractivity contribution < 1.29 is 9.53 Å². The SMILES string of the molecule is COc1ccc(NC(=O)c2cnc3ccc(C4CCNCC4)cn23)c(Cl)c1. The molecule has 0 saturated carbocycles. The zero-order valence-electron chi connectivity index (χ0n) is 15.0. The van der Waals surface area contributed by atoms with Gasteiger partial charge in [-0.3, -0.25) is 9.20 Å². The van der Waals surface area contributed by atoms with Gasteiger partial charge in [0.25, 0.3) is 5.91 Å². The average molecular weight is 385 g/mol. The molecular weight excluding hydrogens is 364 g/mol. The number of hydrogen-bond donors (Lipinski definition) is 2. The van der Waals surface area contributed by atoms with Crippen molar-refractivity contribution >= 4 is 28.8 Å². The maximum absolute atomic E-state index is 12.8. The highest BCUT2D eigenvalue weighted by atomic mass is 35.5. The summed E-state index contributed by atoms with van der Waals surface area (Å²) < 4.78 is 6.99. The molecule has 27 heavy (non-hydrogen) atoms. The molecule has 1 aliphatic heterocycles. The molecule has 140 valence electrons. The average Bonchev–Trinajstić information content (AvgIpc) is 3.13. The van der Waals surface area contributed by atoms with Crippen LogP contribution in [0.1, 0.15) is 34.8 Å². The molecule has 3 heterocycles. The molecule has 2 aromatic heterocycles. The van der Waals surface area contributed by atoms with Crippen LogP contribution >= 0.6 is 11.6 Å². The number of carbonyl (C=O) groups is 1. The summed E-state index contributed by atoms with van der Waals surface area (Å²) in [6.45, 7) is 2.05. The number of fused-ring (bicyclic) bond motifs is 1. The second-order valence-corrected chi connectivity index (χ2v) is 7.07. The molecule has 0 spiro atoms. The number of ether oxygens (including phenoxy) is 1. The largest absolute Gasteiger partial charge is 0.497 e. The molecule has 1 saturated heterocycles. The number of anilines is 1. The number of pyridine rings is 1. The highest BCUT2D eigenvalue weighted by Gasteiger charge is 2.18. The van der Waals surface area contributed by atoms with Crippen LogP contribution in [0.5, 0.6) is 5.75 Å². The fourth-order valence-corrected chi connectivity index (χ4v) is 3.69. The number of rotatable bonds is 4. The van der Waals surface area contributed by atoms with E-state index in [9.17, 15) is 4.79 Å². The minimum Gasteiger partial charge on any atom is -0.497 e. The number of benzene rings is 1. The summed E-state index contributed by atoms with van der Waals surface area (Å²) in [5, 5.41) is 6.66. The van der Waals surface area contributed by atoms with Gasteiger partial charge >= 0.3 is 0 Å². The number of imidazole rings is 1. The molecule has 4 rings (SSSR count).